The normalized spacial score (nSPS) is 16.7. The minimum atomic E-state index is -0.505. The third kappa shape index (κ3) is 4.57. The van der Waals surface area contributed by atoms with Crippen molar-refractivity contribution in [2.75, 3.05) is 25.4 Å². The summed E-state index contributed by atoms with van der Waals surface area (Å²) in [5.41, 5.74) is 7.58. The number of nitrogens with two attached hydrogens (primary N) is 1. The summed E-state index contributed by atoms with van der Waals surface area (Å²) in [5.74, 6) is 0.711. The van der Waals surface area contributed by atoms with E-state index in [9.17, 15) is 9.59 Å². The van der Waals surface area contributed by atoms with Crippen molar-refractivity contribution in [3.8, 4) is 5.75 Å². The molecule has 2 N–H and O–H groups in total. The smallest absolute Gasteiger partial charge is 0.261 e. The molecule has 3 aromatic rings. The summed E-state index contributed by atoms with van der Waals surface area (Å²) < 4.78 is 6.13. The number of rotatable bonds is 6. The lowest BCUT2D eigenvalue weighted by Crippen LogP contribution is -2.59. The van der Waals surface area contributed by atoms with Gasteiger partial charge in [-0.05, 0) is 24.1 Å². The first-order valence-corrected chi connectivity index (χ1v) is 11.2. The summed E-state index contributed by atoms with van der Waals surface area (Å²) >= 11 is 7.23. The van der Waals surface area contributed by atoms with Crippen LogP contribution in [0.15, 0.2) is 36.0 Å². The fourth-order valence-electron chi connectivity index (χ4n) is 3.73. The molecule has 1 aliphatic rings. The van der Waals surface area contributed by atoms with Crippen LogP contribution >= 0.6 is 22.9 Å². The van der Waals surface area contributed by atoms with Crippen LogP contribution in [0.2, 0.25) is 4.34 Å². The van der Waals surface area contributed by atoms with Crippen molar-refractivity contribution in [1.82, 2.24) is 19.8 Å². The number of nitrogens with zero attached hydrogens (tertiary/aromatic N) is 4. The van der Waals surface area contributed by atoms with Crippen LogP contribution in [0.3, 0.4) is 0 Å². The summed E-state index contributed by atoms with van der Waals surface area (Å²) in [4.78, 5) is 37.5. The third-order valence-corrected chi connectivity index (χ3v) is 6.37. The number of carbonyl (C=O) groups excluding carboxylic acids is 2. The molecule has 0 aliphatic carbocycles. The maximum Gasteiger partial charge on any atom is 0.261 e. The first kappa shape index (κ1) is 21.3. The van der Waals surface area contributed by atoms with Crippen molar-refractivity contribution in [3.05, 3.63) is 45.9 Å². The van der Waals surface area contributed by atoms with Gasteiger partial charge in [-0.25, -0.2) is 9.97 Å². The Labute approximate surface area is 188 Å². The molecule has 2 amide bonds. The Balaban J connectivity index is 1.42. The van der Waals surface area contributed by atoms with E-state index in [1.807, 2.05) is 25.1 Å². The van der Waals surface area contributed by atoms with E-state index in [0.29, 0.717) is 42.0 Å². The van der Waals surface area contributed by atoms with E-state index in [1.165, 1.54) is 17.7 Å². The second-order valence-corrected chi connectivity index (χ2v) is 8.80. The lowest BCUT2D eigenvalue weighted by Gasteiger charge is -2.40. The van der Waals surface area contributed by atoms with Crippen molar-refractivity contribution in [3.63, 3.8) is 0 Å². The number of fused-ring (bicyclic) bond motifs is 1. The summed E-state index contributed by atoms with van der Waals surface area (Å²) in [6, 6.07) is 6.87. The zero-order valence-electron chi connectivity index (χ0n) is 17.0. The molecule has 0 saturated carbocycles. The van der Waals surface area contributed by atoms with Crippen molar-refractivity contribution >= 4 is 51.5 Å². The quantitative estimate of drug-likeness (QED) is 0.608. The molecule has 10 heteroatoms. The van der Waals surface area contributed by atoms with E-state index in [4.69, 9.17) is 22.1 Å². The third-order valence-electron chi connectivity index (χ3n) is 5.30. The van der Waals surface area contributed by atoms with Gasteiger partial charge in [0.2, 0.25) is 5.91 Å². The van der Waals surface area contributed by atoms with Crippen LogP contribution in [-0.2, 0) is 16.1 Å². The molecule has 162 valence electrons. The number of thiophene rings is 1. The first-order chi connectivity index (χ1) is 15.0. The molecular weight excluding hydrogens is 438 g/mol. The number of hydrogen-bond acceptors (Lipinski definition) is 7. The van der Waals surface area contributed by atoms with E-state index in [0.717, 1.165) is 16.5 Å². The van der Waals surface area contributed by atoms with Crippen LogP contribution < -0.4 is 10.5 Å². The molecule has 0 bridgehead atoms. The summed E-state index contributed by atoms with van der Waals surface area (Å²) in [5, 5.41) is 2.53. The van der Waals surface area contributed by atoms with Gasteiger partial charge in [-0.2, -0.15) is 0 Å². The second kappa shape index (κ2) is 9.07. The zero-order chi connectivity index (χ0) is 22.0. The van der Waals surface area contributed by atoms with Gasteiger partial charge in [-0.1, -0.05) is 24.6 Å². The van der Waals surface area contributed by atoms with Crippen LogP contribution in [-0.4, -0.2) is 57.3 Å². The average molecular weight is 460 g/mol. The summed E-state index contributed by atoms with van der Waals surface area (Å²) in [6.07, 6.45) is 1.96. The van der Waals surface area contributed by atoms with E-state index >= 15 is 0 Å². The number of nitrogen functional groups attached to an aromatic ring is 1. The highest BCUT2D eigenvalue weighted by atomic mass is 35.5. The van der Waals surface area contributed by atoms with Gasteiger partial charge >= 0.3 is 0 Å². The van der Waals surface area contributed by atoms with E-state index < -0.39 is 6.04 Å². The van der Waals surface area contributed by atoms with Crippen LogP contribution in [0.4, 0.5) is 5.82 Å². The molecule has 2 aromatic heterocycles. The molecule has 0 spiro atoms. The largest absolute Gasteiger partial charge is 0.483 e. The Bertz CT molecular complexity index is 1120. The highest BCUT2D eigenvalue weighted by Gasteiger charge is 2.36. The van der Waals surface area contributed by atoms with Gasteiger partial charge in [0.25, 0.3) is 5.91 Å². The number of benzene rings is 1. The maximum atomic E-state index is 13.1. The summed E-state index contributed by atoms with van der Waals surface area (Å²) in [7, 11) is 0. The molecule has 1 atom stereocenters. The van der Waals surface area contributed by atoms with Crippen molar-refractivity contribution < 1.29 is 14.3 Å². The van der Waals surface area contributed by atoms with Crippen LogP contribution in [0.1, 0.15) is 18.9 Å². The van der Waals surface area contributed by atoms with Crippen LogP contribution in [0.5, 0.6) is 5.75 Å². The Kier molecular flexibility index (Phi) is 6.24. The number of hydrogen-bond donors (Lipinski definition) is 1. The Morgan fingerprint density at radius 2 is 2.16 bits per heavy atom. The minimum Gasteiger partial charge on any atom is -0.483 e. The molecule has 1 saturated heterocycles. The zero-order valence-corrected chi connectivity index (χ0v) is 18.5. The van der Waals surface area contributed by atoms with Gasteiger partial charge in [0.15, 0.2) is 6.61 Å². The topological polar surface area (TPSA) is 102 Å². The predicted octanol–water partition coefficient (Wildman–Crippen LogP) is 2.96. The van der Waals surface area contributed by atoms with E-state index in [-0.39, 0.29) is 18.4 Å². The molecule has 0 radical (unpaired) electrons. The number of anilines is 1. The molecule has 3 heterocycles. The maximum absolute atomic E-state index is 13.1. The van der Waals surface area contributed by atoms with Gasteiger partial charge in [0, 0.05) is 36.5 Å². The number of piperazine rings is 1. The van der Waals surface area contributed by atoms with Gasteiger partial charge in [-0.3, -0.25) is 9.59 Å². The molecule has 1 fully saturated rings. The second-order valence-electron chi connectivity index (χ2n) is 7.26. The van der Waals surface area contributed by atoms with Crippen molar-refractivity contribution in [2.24, 2.45) is 0 Å². The number of carbonyl (C=O) groups is 2. The molecule has 1 aliphatic heterocycles. The number of aromatic nitrogens is 2. The van der Waals surface area contributed by atoms with E-state index in [1.54, 1.807) is 21.2 Å². The molecule has 0 unspecified atom stereocenters. The Hall–Kier alpha value is -2.91. The number of amides is 2. The van der Waals surface area contributed by atoms with Crippen LogP contribution in [0, 0.1) is 0 Å². The Morgan fingerprint density at radius 3 is 2.90 bits per heavy atom. The fourth-order valence-corrected chi connectivity index (χ4v) is 4.52. The van der Waals surface area contributed by atoms with Gasteiger partial charge < -0.3 is 20.3 Å². The SMILES string of the molecule is CC[C@H]1C(=O)N(Cc2ccc3c(N)ncnc3c2)CCN1C(=O)COc1csc(Cl)c1. The monoisotopic (exact) mass is 459 g/mol. The van der Waals surface area contributed by atoms with Crippen LogP contribution in [0.25, 0.3) is 10.9 Å². The van der Waals surface area contributed by atoms with Gasteiger partial charge in [-0.15, -0.1) is 11.3 Å². The van der Waals surface area contributed by atoms with Gasteiger partial charge in [0.1, 0.15) is 23.9 Å². The number of halogens is 1. The lowest BCUT2D eigenvalue weighted by molar-refractivity contribution is -0.153. The van der Waals surface area contributed by atoms with Crippen molar-refractivity contribution in [2.45, 2.75) is 25.9 Å². The highest BCUT2D eigenvalue weighted by molar-refractivity contribution is 7.14. The standard InChI is InChI=1S/C21H22ClN5O3S/c1-2-17-21(29)26(9-13-3-4-15-16(7-13)24-12-25-20(15)23)5-6-27(17)19(28)10-30-14-8-18(22)31-11-14/h3-4,7-8,11-12,17H,2,5-6,9-10H2,1H3,(H2,23,24,25)/t17-/m0/s1. The predicted molar refractivity (Wildman–Crippen MR) is 120 cm³/mol. The van der Waals surface area contributed by atoms with E-state index in [2.05, 4.69) is 9.97 Å². The fraction of sp³-hybridized carbons (Fsp3) is 0.333. The van der Waals surface area contributed by atoms with Crippen molar-refractivity contribution in [1.29, 1.82) is 0 Å². The molecule has 8 nitrogen and oxygen atoms in total. The molecular formula is C21H22ClN5O3S. The summed E-state index contributed by atoms with van der Waals surface area (Å²) in [6.45, 7) is 3.14. The molecule has 31 heavy (non-hydrogen) atoms. The van der Waals surface area contributed by atoms with Gasteiger partial charge in [0.05, 0.1) is 9.85 Å². The number of ether oxygens (including phenoxy) is 1. The molecule has 1 aromatic carbocycles. The first-order valence-electron chi connectivity index (χ1n) is 9.90. The highest BCUT2D eigenvalue weighted by Crippen LogP contribution is 2.26. The minimum absolute atomic E-state index is 0.0667. The molecule has 4 rings (SSSR count). The Morgan fingerprint density at radius 1 is 1.32 bits per heavy atom. The lowest BCUT2D eigenvalue weighted by atomic mass is 10.1. The average Bonchev–Trinajstić information content (AvgIpc) is 3.18.